The Bertz CT molecular complexity index is 492. The van der Waals surface area contributed by atoms with Gasteiger partial charge in [0, 0.05) is 20.2 Å². The highest BCUT2D eigenvalue weighted by molar-refractivity contribution is 5.78. The molecule has 0 aliphatic carbocycles. The van der Waals surface area contributed by atoms with E-state index in [9.17, 15) is 0 Å². The van der Waals surface area contributed by atoms with Gasteiger partial charge in [0.05, 0.1) is 17.1 Å². The van der Waals surface area contributed by atoms with Crippen molar-refractivity contribution in [3.63, 3.8) is 0 Å². The van der Waals surface area contributed by atoms with Crippen LogP contribution >= 0.6 is 0 Å². The Morgan fingerprint density at radius 3 is 2.88 bits per heavy atom. The fourth-order valence-corrected chi connectivity index (χ4v) is 1.88. The topological polar surface area (TPSA) is 39.1 Å². The summed E-state index contributed by atoms with van der Waals surface area (Å²) in [4.78, 5) is 4.54. The quantitative estimate of drug-likeness (QED) is 0.862. The van der Waals surface area contributed by atoms with Crippen LogP contribution in [-0.4, -0.2) is 28.8 Å². The van der Waals surface area contributed by atoms with Crippen LogP contribution in [0.4, 0.5) is 5.95 Å². The van der Waals surface area contributed by atoms with Gasteiger partial charge in [-0.2, -0.15) is 0 Å². The van der Waals surface area contributed by atoms with Crippen LogP contribution in [0.25, 0.3) is 11.0 Å². The smallest absolute Gasteiger partial charge is 0.203 e. The SMILES string of the molecule is CCOC(C)CNc1nc2ccccc2n1C. The van der Waals surface area contributed by atoms with Gasteiger partial charge in [-0.15, -0.1) is 0 Å². The first-order valence-electron chi connectivity index (χ1n) is 5.99. The van der Waals surface area contributed by atoms with Gasteiger partial charge in [-0.3, -0.25) is 0 Å². The molecule has 1 heterocycles. The minimum Gasteiger partial charge on any atom is -0.377 e. The second-order valence-electron chi connectivity index (χ2n) is 4.13. The normalized spacial score (nSPS) is 12.9. The van der Waals surface area contributed by atoms with Crippen LogP contribution in [0.2, 0.25) is 0 Å². The van der Waals surface area contributed by atoms with Crippen LogP contribution in [0.3, 0.4) is 0 Å². The number of fused-ring (bicyclic) bond motifs is 1. The minimum atomic E-state index is 0.194. The average Bonchev–Trinajstić information content (AvgIpc) is 2.65. The summed E-state index contributed by atoms with van der Waals surface area (Å²) in [5, 5.41) is 3.31. The minimum absolute atomic E-state index is 0.194. The summed E-state index contributed by atoms with van der Waals surface area (Å²) in [6.45, 7) is 5.57. The van der Waals surface area contributed by atoms with Crippen molar-refractivity contribution in [3.8, 4) is 0 Å². The zero-order valence-electron chi connectivity index (χ0n) is 10.6. The summed E-state index contributed by atoms with van der Waals surface area (Å²) < 4.78 is 7.54. The summed E-state index contributed by atoms with van der Waals surface area (Å²) in [5.74, 6) is 0.887. The maximum atomic E-state index is 5.48. The van der Waals surface area contributed by atoms with Crippen molar-refractivity contribution < 1.29 is 4.74 Å². The zero-order valence-corrected chi connectivity index (χ0v) is 10.6. The summed E-state index contributed by atoms with van der Waals surface area (Å²) in [7, 11) is 2.02. The summed E-state index contributed by atoms with van der Waals surface area (Å²) in [5.41, 5.74) is 2.15. The first kappa shape index (κ1) is 11.9. The third kappa shape index (κ3) is 2.58. The fourth-order valence-electron chi connectivity index (χ4n) is 1.88. The molecule has 0 spiro atoms. The van der Waals surface area contributed by atoms with Crippen molar-refractivity contribution in [3.05, 3.63) is 24.3 Å². The molecule has 0 bridgehead atoms. The van der Waals surface area contributed by atoms with Gasteiger partial charge >= 0.3 is 0 Å². The maximum Gasteiger partial charge on any atom is 0.203 e. The fraction of sp³-hybridized carbons (Fsp3) is 0.462. The molecule has 2 rings (SSSR count). The Labute approximate surface area is 102 Å². The van der Waals surface area contributed by atoms with E-state index < -0.39 is 0 Å². The molecule has 1 unspecified atom stereocenters. The average molecular weight is 233 g/mol. The van der Waals surface area contributed by atoms with Gasteiger partial charge in [0.25, 0.3) is 0 Å². The van der Waals surface area contributed by atoms with Crippen molar-refractivity contribution in [2.75, 3.05) is 18.5 Å². The second kappa shape index (κ2) is 5.19. The lowest BCUT2D eigenvalue weighted by atomic mass is 10.3. The molecule has 0 aliphatic rings. The standard InChI is InChI=1S/C13H19N3O/c1-4-17-10(2)9-14-13-15-11-7-5-6-8-12(11)16(13)3/h5-8,10H,4,9H2,1-3H3,(H,14,15). The Morgan fingerprint density at radius 2 is 2.18 bits per heavy atom. The van der Waals surface area contributed by atoms with Gasteiger partial charge in [-0.1, -0.05) is 12.1 Å². The highest BCUT2D eigenvalue weighted by atomic mass is 16.5. The second-order valence-corrected chi connectivity index (χ2v) is 4.13. The molecule has 0 aliphatic heterocycles. The van der Waals surface area contributed by atoms with Crippen LogP contribution in [0.15, 0.2) is 24.3 Å². The molecule has 0 fully saturated rings. The molecule has 1 aromatic heterocycles. The van der Waals surface area contributed by atoms with Gasteiger partial charge in [0.2, 0.25) is 5.95 Å². The first-order chi connectivity index (χ1) is 8.22. The van der Waals surface area contributed by atoms with Crippen LogP contribution in [0.5, 0.6) is 0 Å². The Hall–Kier alpha value is -1.55. The molecular weight excluding hydrogens is 214 g/mol. The van der Waals surface area contributed by atoms with Crippen molar-refractivity contribution in [1.29, 1.82) is 0 Å². The van der Waals surface area contributed by atoms with E-state index >= 15 is 0 Å². The van der Waals surface area contributed by atoms with E-state index in [1.165, 1.54) is 0 Å². The number of imidazole rings is 1. The van der Waals surface area contributed by atoms with Crippen molar-refractivity contribution >= 4 is 17.0 Å². The van der Waals surface area contributed by atoms with Gasteiger partial charge in [-0.05, 0) is 26.0 Å². The molecule has 0 amide bonds. The van der Waals surface area contributed by atoms with E-state index in [1.807, 2.05) is 32.2 Å². The van der Waals surface area contributed by atoms with Gasteiger partial charge in [-0.25, -0.2) is 4.98 Å². The number of hydrogen-bond acceptors (Lipinski definition) is 3. The third-order valence-corrected chi connectivity index (χ3v) is 2.79. The van der Waals surface area contributed by atoms with Gasteiger partial charge < -0.3 is 14.6 Å². The molecule has 1 aromatic carbocycles. The van der Waals surface area contributed by atoms with Crippen LogP contribution < -0.4 is 5.32 Å². The van der Waals surface area contributed by atoms with Crippen molar-refractivity contribution in [2.45, 2.75) is 20.0 Å². The molecule has 1 N–H and O–H groups in total. The maximum absolute atomic E-state index is 5.48. The molecule has 1 atom stereocenters. The molecule has 0 radical (unpaired) electrons. The number of aromatic nitrogens is 2. The Balaban J connectivity index is 2.11. The van der Waals surface area contributed by atoms with Crippen molar-refractivity contribution in [1.82, 2.24) is 9.55 Å². The van der Waals surface area contributed by atoms with E-state index in [2.05, 4.69) is 27.9 Å². The van der Waals surface area contributed by atoms with E-state index in [-0.39, 0.29) is 6.10 Å². The predicted octanol–water partition coefficient (Wildman–Crippen LogP) is 2.41. The van der Waals surface area contributed by atoms with Crippen LogP contribution in [0, 0.1) is 0 Å². The number of nitrogens with one attached hydrogen (secondary N) is 1. The first-order valence-corrected chi connectivity index (χ1v) is 5.99. The highest BCUT2D eigenvalue weighted by Gasteiger charge is 2.07. The Morgan fingerprint density at radius 1 is 1.41 bits per heavy atom. The monoisotopic (exact) mass is 233 g/mol. The molecule has 4 nitrogen and oxygen atoms in total. The molecule has 0 saturated heterocycles. The predicted molar refractivity (Wildman–Crippen MR) is 70.3 cm³/mol. The number of para-hydroxylation sites is 2. The van der Waals surface area contributed by atoms with Crippen molar-refractivity contribution in [2.24, 2.45) is 7.05 Å². The highest BCUT2D eigenvalue weighted by Crippen LogP contribution is 2.17. The molecule has 92 valence electrons. The lowest BCUT2D eigenvalue weighted by Gasteiger charge is -2.12. The third-order valence-electron chi connectivity index (χ3n) is 2.79. The lowest BCUT2D eigenvalue weighted by Crippen LogP contribution is -2.21. The van der Waals surface area contributed by atoms with Crippen LogP contribution in [-0.2, 0) is 11.8 Å². The number of benzene rings is 1. The number of hydrogen-bond donors (Lipinski definition) is 1. The molecular formula is C13H19N3O. The largest absolute Gasteiger partial charge is 0.377 e. The van der Waals surface area contributed by atoms with Gasteiger partial charge in [0.1, 0.15) is 0 Å². The summed E-state index contributed by atoms with van der Waals surface area (Å²) >= 11 is 0. The number of rotatable bonds is 5. The summed E-state index contributed by atoms with van der Waals surface area (Å²) in [6, 6.07) is 8.12. The molecule has 2 aromatic rings. The number of nitrogens with zero attached hydrogens (tertiary/aromatic N) is 2. The molecule has 0 saturated carbocycles. The molecule has 17 heavy (non-hydrogen) atoms. The van der Waals surface area contributed by atoms with Crippen LogP contribution in [0.1, 0.15) is 13.8 Å². The van der Waals surface area contributed by atoms with E-state index in [1.54, 1.807) is 0 Å². The zero-order chi connectivity index (χ0) is 12.3. The number of anilines is 1. The number of ether oxygens (including phenoxy) is 1. The lowest BCUT2D eigenvalue weighted by molar-refractivity contribution is 0.0854. The Kier molecular flexibility index (Phi) is 3.64. The number of aryl methyl sites for hydroxylation is 1. The summed E-state index contributed by atoms with van der Waals surface area (Å²) in [6.07, 6.45) is 0.194. The van der Waals surface area contributed by atoms with E-state index in [4.69, 9.17) is 4.74 Å². The van der Waals surface area contributed by atoms with Gasteiger partial charge in [0.15, 0.2) is 0 Å². The molecule has 4 heteroatoms. The van der Waals surface area contributed by atoms with E-state index in [0.717, 1.165) is 30.1 Å². The van der Waals surface area contributed by atoms with E-state index in [0.29, 0.717) is 0 Å².